The van der Waals surface area contributed by atoms with Gasteiger partial charge in [0.25, 0.3) is 0 Å². The maximum atomic E-state index is 9.17. The molecule has 0 saturated carbocycles. The summed E-state index contributed by atoms with van der Waals surface area (Å²) in [5.41, 5.74) is 0. The molecule has 0 rings (SSSR count). The highest BCUT2D eigenvalue weighted by atomic mass is 16.5. The molecule has 0 saturated heterocycles. The molecule has 3 heteroatoms. The molecule has 0 fully saturated rings. The predicted molar refractivity (Wildman–Crippen MR) is 41.0 cm³/mol. The van der Waals surface area contributed by atoms with Crippen molar-refractivity contribution >= 4 is 0 Å². The number of aliphatic hydroxyl groups excluding tert-OH is 1. The van der Waals surface area contributed by atoms with Crippen molar-refractivity contribution in [3.05, 3.63) is 0 Å². The Bertz CT molecular complexity index is 85.7. The molecule has 2 N–H and O–H groups in total. The molecule has 0 aromatic rings. The zero-order valence-corrected chi connectivity index (χ0v) is 7.09. The topological polar surface area (TPSA) is 41.5 Å². The summed E-state index contributed by atoms with van der Waals surface area (Å²) in [5, 5.41) is 12.1. The summed E-state index contributed by atoms with van der Waals surface area (Å²) in [4.78, 5) is 0. The number of nitrogens with one attached hydrogen (secondary N) is 1. The van der Waals surface area contributed by atoms with Crippen LogP contribution in [0.5, 0.6) is 0 Å². The van der Waals surface area contributed by atoms with E-state index >= 15 is 0 Å². The Morgan fingerprint density at radius 3 is 2.00 bits per heavy atom. The van der Waals surface area contributed by atoms with Crippen molar-refractivity contribution in [2.75, 3.05) is 14.2 Å². The van der Waals surface area contributed by atoms with E-state index in [2.05, 4.69) is 5.32 Å². The van der Waals surface area contributed by atoms with Gasteiger partial charge in [-0.1, -0.05) is 0 Å². The standard InChI is InChI=1S/C7H17NO2/c1-5(9)7(8-3)6(2)10-4/h5-9H,1-4H3. The minimum Gasteiger partial charge on any atom is -0.392 e. The van der Waals surface area contributed by atoms with E-state index in [9.17, 15) is 5.11 Å². The Morgan fingerprint density at radius 1 is 1.40 bits per heavy atom. The molecule has 0 radical (unpaired) electrons. The molecule has 3 atom stereocenters. The predicted octanol–water partition coefficient (Wildman–Crippen LogP) is -0.00990. The van der Waals surface area contributed by atoms with Crippen molar-refractivity contribution in [3.63, 3.8) is 0 Å². The van der Waals surface area contributed by atoms with E-state index in [1.165, 1.54) is 0 Å². The molecule has 0 aromatic carbocycles. The first-order valence-corrected chi connectivity index (χ1v) is 3.51. The smallest absolute Gasteiger partial charge is 0.0721 e. The highest BCUT2D eigenvalue weighted by molar-refractivity contribution is 4.76. The maximum absolute atomic E-state index is 9.17. The van der Waals surface area contributed by atoms with Crippen molar-refractivity contribution in [3.8, 4) is 0 Å². The van der Waals surface area contributed by atoms with E-state index in [-0.39, 0.29) is 18.2 Å². The molecule has 0 aliphatic carbocycles. The molecular formula is C7H17NO2. The van der Waals surface area contributed by atoms with Crippen LogP contribution in [0.3, 0.4) is 0 Å². The van der Waals surface area contributed by atoms with Crippen molar-refractivity contribution < 1.29 is 9.84 Å². The normalized spacial score (nSPS) is 20.1. The van der Waals surface area contributed by atoms with Gasteiger partial charge in [0.1, 0.15) is 0 Å². The van der Waals surface area contributed by atoms with Crippen LogP contribution >= 0.6 is 0 Å². The summed E-state index contributed by atoms with van der Waals surface area (Å²) in [7, 11) is 3.45. The summed E-state index contributed by atoms with van der Waals surface area (Å²) in [6, 6.07) is 0.0185. The van der Waals surface area contributed by atoms with E-state index in [0.29, 0.717) is 0 Å². The minimum atomic E-state index is -0.375. The average molecular weight is 147 g/mol. The third kappa shape index (κ3) is 2.64. The fourth-order valence-electron chi connectivity index (χ4n) is 1.01. The van der Waals surface area contributed by atoms with Gasteiger partial charge in [0.05, 0.1) is 18.2 Å². The van der Waals surface area contributed by atoms with Crippen LogP contribution in [0.1, 0.15) is 13.8 Å². The average Bonchev–Trinajstić information content (AvgIpc) is 1.88. The molecule has 0 aliphatic heterocycles. The maximum Gasteiger partial charge on any atom is 0.0721 e. The number of aliphatic hydroxyl groups is 1. The molecule has 0 spiro atoms. The first kappa shape index (κ1) is 9.88. The van der Waals surface area contributed by atoms with Gasteiger partial charge in [-0.2, -0.15) is 0 Å². The highest BCUT2D eigenvalue weighted by Gasteiger charge is 2.19. The second-order valence-corrected chi connectivity index (χ2v) is 2.50. The first-order chi connectivity index (χ1) is 4.63. The Morgan fingerprint density at radius 2 is 1.90 bits per heavy atom. The molecule has 0 aromatic heterocycles. The zero-order valence-electron chi connectivity index (χ0n) is 7.09. The van der Waals surface area contributed by atoms with Crippen LogP contribution in [0.2, 0.25) is 0 Å². The van der Waals surface area contributed by atoms with Crippen LogP contribution in [-0.2, 0) is 4.74 Å². The van der Waals surface area contributed by atoms with E-state index in [0.717, 1.165) is 0 Å². The van der Waals surface area contributed by atoms with Crippen LogP contribution in [0, 0.1) is 0 Å². The van der Waals surface area contributed by atoms with E-state index in [1.807, 2.05) is 14.0 Å². The number of hydrogen-bond acceptors (Lipinski definition) is 3. The minimum absolute atomic E-state index is 0.0185. The third-order valence-corrected chi connectivity index (χ3v) is 1.73. The molecule has 0 aliphatic rings. The Kier molecular flexibility index (Phi) is 4.60. The van der Waals surface area contributed by atoms with Crippen LogP contribution in [0.25, 0.3) is 0 Å². The molecule has 0 heterocycles. The van der Waals surface area contributed by atoms with Crippen LogP contribution in [-0.4, -0.2) is 37.5 Å². The fourth-order valence-corrected chi connectivity index (χ4v) is 1.01. The number of likely N-dealkylation sites (N-methyl/N-ethyl adjacent to an activating group) is 1. The first-order valence-electron chi connectivity index (χ1n) is 3.51. The van der Waals surface area contributed by atoms with E-state index in [4.69, 9.17) is 4.74 Å². The number of ether oxygens (including phenoxy) is 1. The second kappa shape index (κ2) is 4.66. The van der Waals surface area contributed by atoms with Gasteiger partial charge in [-0.15, -0.1) is 0 Å². The van der Waals surface area contributed by atoms with Crippen molar-refractivity contribution in [2.45, 2.75) is 32.1 Å². The molecule has 0 bridgehead atoms. The van der Waals surface area contributed by atoms with Crippen LogP contribution in [0.15, 0.2) is 0 Å². The quantitative estimate of drug-likeness (QED) is 0.587. The van der Waals surface area contributed by atoms with Gasteiger partial charge >= 0.3 is 0 Å². The summed E-state index contributed by atoms with van der Waals surface area (Å²) >= 11 is 0. The Balaban J connectivity index is 3.80. The van der Waals surface area contributed by atoms with E-state index < -0.39 is 0 Å². The summed E-state index contributed by atoms with van der Waals surface area (Å²) in [5.74, 6) is 0. The van der Waals surface area contributed by atoms with Gasteiger partial charge in [0, 0.05) is 7.11 Å². The molecule has 62 valence electrons. The third-order valence-electron chi connectivity index (χ3n) is 1.73. The fraction of sp³-hybridized carbons (Fsp3) is 1.00. The lowest BCUT2D eigenvalue weighted by Gasteiger charge is -2.24. The summed E-state index contributed by atoms with van der Waals surface area (Å²) < 4.78 is 5.04. The molecule has 0 amide bonds. The largest absolute Gasteiger partial charge is 0.392 e. The van der Waals surface area contributed by atoms with E-state index in [1.54, 1.807) is 14.0 Å². The monoisotopic (exact) mass is 147 g/mol. The van der Waals surface area contributed by atoms with Gasteiger partial charge in [0.2, 0.25) is 0 Å². The van der Waals surface area contributed by atoms with Crippen LogP contribution in [0.4, 0.5) is 0 Å². The lowest BCUT2D eigenvalue weighted by atomic mass is 10.1. The number of hydrogen-bond donors (Lipinski definition) is 2. The van der Waals surface area contributed by atoms with Crippen molar-refractivity contribution in [1.29, 1.82) is 0 Å². The van der Waals surface area contributed by atoms with Crippen molar-refractivity contribution in [2.24, 2.45) is 0 Å². The molecular weight excluding hydrogens is 130 g/mol. The Labute approximate surface area is 62.4 Å². The van der Waals surface area contributed by atoms with Gasteiger partial charge in [-0.05, 0) is 20.9 Å². The summed E-state index contributed by atoms with van der Waals surface area (Å²) in [6.45, 7) is 3.67. The van der Waals surface area contributed by atoms with Crippen molar-refractivity contribution in [1.82, 2.24) is 5.32 Å². The van der Waals surface area contributed by atoms with Gasteiger partial charge < -0.3 is 15.2 Å². The van der Waals surface area contributed by atoms with Crippen LogP contribution < -0.4 is 5.32 Å². The summed E-state index contributed by atoms with van der Waals surface area (Å²) in [6.07, 6.45) is -0.329. The highest BCUT2D eigenvalue weighted by Crippen LogP contribution is 2.01. The number of methoxy groups -OCH3 is 1. The van der Waals surface area contributed by atoms with Gasteiger partial charge in [0.15, 0.2) is 0 Å². The molecule has 3 nitrogen and oxygen atoms in total. The molecule has 3 unspecified atom stereocenters. The lowest BCUT2D eigenvalue weighted by Crippen LogP contribution is -2.45. The van der Waals surface area contributed by atoms with Gasteiger partial charge in [-0.25, -0.2) is 0 Å². The SMILES string of the molecule is CNC(C(C)O)C(C)OC. The van der Waals surface area contributed by atoms with Gasteiger partial charge in [-0.3, -0.25) is 0 Å². The zero-order chi connectivity index (χ0) is 8.15. The molecule has 10 heavy (non-hydrogen) atoms. The number of rotatable bonds is 4. The second-order valence-electron chi connectivity index (χ2n) is 2.50. The lowest BCUT2D eigenvalue weighted by molar-refractivity contribution is 0.0296. The Hall–Kier alpha value is -0.120.